The maximum atomic E-state index is 12.4. The lowest BCUT2D eigenvalue weighted by atomic mass is 10.1. The van der Waals surface area contributed by atoms with Crippen LogP contribution in [0, 0.1) is 0 Å². The molecule has 1 fully saturated rings. The highest BCUT2D eigenvalue weighted by Crippen LogP contribution is 2.13. The Hall–Kier alpha value is -1.46. The summed E-state index contributed by atoms with van der Waals surface area (Å²) in [5.74, 6) is -0.00940. The summed E-state index contributed by atoms with van der Waals surface area (Å²) in [5.41, 5.74) is 1.28. The van der Waals surface area contributed by atoms with Crippen LogP contribution in [0.1, 0.15) is 29.0 Å². The third-order valence-electron chi connectivity index (χ3n) is 3.49. The van der Waals surface area contributed by atoms with Crippen LogP contribution in [0.2, 0.25) is 0 Å². The van der Waals surface area contributed by atoms with Crippen LogP contribution in [0.5, 0.6) is 0 Å². The average Bonchev–Trinajstić information content (AvgIpc) is 2.47. The van der Waals surface area contributed by atoms with Gasteiger partial charge in [0.15, 0.2) is 0 Å². The van der Waals surface area contributed by atoms with Crippen LogP contribution in [-0.4, -0.2) is 49.1 Å². The van der Waals surface area contributed by atoms with E-state index in [9.17, 15) is 4.79 Å². The number of piperidine rings is 1. The van der Waals surface area contributed by atoms with Gasteiger partial charge in [-0.05, 0) is 38.1 Å². The number of ether oxygens (including phenoxy) is 1. The van der Waals surface area contributed by atoms with Crippen LogP contribution in [0.25, 0.3) is 0 Å². The second-order valence-corrected chi connectivity index (χ2v) is 4.84. The van der Waals surface area contributed by atoms with E-state index in [4.69, 9.17) is 4.74 Å². The molecule has 0 spiro atoms. The predicted octanol–water partition coefficient (Wildman–Crippen LogP) is 1.05. The van der Waals surface area contributed by atoms with Crippen LogP contribution < -0.4 is 5.32 Å². The summed E-state index contributed by atoms with van der Waals surface area (Å²) in [4.78, 5) is 18.6. The summed E-state index contributed by atoms with van der Waals surface area (Å²) in [5, 5.41) is 3.30. The SMILES string of the molecule is COCc1cccc(C(=O)N(C)C2CCNCC2)n1. The van der Waals surface area contributed by atoms with Gasteiger partial charge >= 0.3 is 0 Å². The first kappa shape index (κ1) is 14.0. The monoisotopic (exact) mass is 263 g/mol. The minimum atomic E-state index is -0.00940. The zero-order valence-corrected chi connectivity index (χ0v) is 11.6. The molecule has 0 saturated carbocycles. The van der Waals surface area contributed by atoms with Crippen molar-refractivity contribution in [2.75, 3.05) is 27.2 Å². The molecule has 1 N–H and O–H groups in total. The van der Waals surface area contributed by atoms with Gasteiger partial charge in [-0.3, -0.25) is 4.79 Å². The number of hydrogen-bond donors (Lipinski definition) is 1. The molecule has 1 aliphatic rings. The molecule has 0 aromatic carbocycles. The van der Waals surface area contributed by atoms with Crippen LogP contribution in [0.15, 0.2) is 18.2 Å². The number of carbonyl (C=O) groups is 1. The van der Waals surface area contributed by atoms with Gasteiger partial charge < -0.3 is 15.0 Å². The van der Waals surface area contributed by atoms with Gasteiger partial charge in [0.1, 0.15) is 5.69 Å². The second kappa shape index (κ2) is 6.63. The molecule has 1 amide bonds. The second-order valence-electron chi connectivity index (χ2n) is 4.84. The normalized spacial score (nSPS) is 16.3. The molecule has 1 aromatic heterocycles. The highest BCUT2D eigenvalue weighted by molar-refractivity contribution is 5.92. The molecule has 1 saturated heterocycles. The van der Waals surface area contributed by atoms with Gasteiger partial charge in [-0.1, -0.05) is 6.07 Å². The topological polar surface area (TPSA) is 54.5 Å². The van der Waals surface area contributed by atoms with Gasteiger partial charge in [-0.2, -0.15) is 0 Å². The van der Waals surface area contributed by atoms with E-state index in [0.29, 0.717) is 18.3 Å². The number of nitrogens with one attached hydrogen (secondary N) is 1. The number of aromatic nitrogens is 1. The number of rotatable bonds is 4. The number of amides is 1. The summed E-state index contributed by atoms with van der Waals surface area (Å²) in [6.45, 7) is 2.37. The molecule has 19 heavy (non-hydrogen) atoms. The quantitative estimate of drug-likeness (QED) is 0.882. The van der Waals surface area contributed by atoms with E-state index < -0.39 is 0 Å². The number of methoxy groups -OCH3 is 1. The molecule has 0 aliphatic carbocycles. The average molecular weight is 263 g/mol. The Kier molecular flexibility index (Phi) is 4.87. The lowest BCUT2D eigenvalue weighted by molar-refractivity contribution is 0.0696. The maximum Gasteiger partial charge on any atom is 0.272 e. The minimum Gasteiger partial charge on any atom is -0.378 e. The first-order valence-corrected chi connectivity index (χ1v) is 6.65. The van der Waals surface area contributed by atoms with Gasteiger partial charge in [0.05, 0.1) is 12.3 Å². The largest absolute Gasteiger partial charge is 0.378 e. The van der Waals surface area contributed by atoms with Gasteiger partial charge in [0.25, 0.3) is 5.91 Å². The van der Waals surface area contributed by atoms with Crippen LogP contribution in [-0.2, 0) is 11.3 Å². The van der Waals surface area contributed by atoms with Crippen molar-refractivity contribution in [2.45, 2.75) is 25.5 Å². The van der Waals surface area contributed by atoms with E-state index in [-0.39, 0.29) is 5.91 Å². The molecular formula is C14H21N3O2. The Bertz CT molecular complexity index is 430. The zero-order valence-electron chi connectivity index (χ0n) is 11.6. The fourth-order valence-corrected chi connectivity index (χ4v) is 2.37. The van der Waals surface area contributed by atoms with E-state index >= 15 is 0 Å². The molecular weight excluding hydrogens is 242 g/mol. The molecule has 5 heteroatoms. The van der Waals surface area contributed by atoms with E-state index in [1.165, 1.54) is 0 Å². The fraction of sp³-hybridized carbons (Fsp3) is 0.571. The van der Waals surface area contributed by atoms with E-state index in [2.05, 4.69) is 10.3 Å². The van der Waals surface area contributed by atoms with Crippen LogP contribution >= 0.6 is 0 Å². The third kappa shape index (κ3) is 3.52. The highest BCUT2D eigenvalue weighted by Gasteiger charge is 2.23. The van der Waals surface area contributed by atoms with Crippen molar-refractivity contribution in [3.8, 4) is 0 Å². The predicted molar refractivity (Wildman–Crippen MR) is 72.9 cm³/mol. The Morgan fingerprint density at radius 2 is 2.21 bits per heavy atom. The van der Waals surface area contributed by atoms with Crippen molar-refractivity contribution < 1.29 is 9.53 Å². The van der Waals surface area contributed by atoms with E-state index in [1.807, 2.05) is 24.1 Å². The number of carbonyl (C=O) groups excluding carboxylic acids is 1. The Labute approximate surface area is 114 Å². The van der Waals surface area contributed by atoms with E-state index in [0.717, 1.165) is 31.6 Å². The third-order valence-corrected chi connectivity index (χ3v) is 3.49. The molecule has 5 nitrogen and oxygen atoms in total. The Morgan fingerprint density at radius 3 is 2.89 bits per heavy atom. The van der Waals surface area contributed by atoms with Gasteiger partial charge in [-0.25, -0.2) is 4.98 Å². The van der Waals surface area contributed by atoms with Crippen molar-refractivity contribution >= 4 is 5.91 Å². The first-order chi connectivity index (χ1) is 9.22. The molecule has 1 aliphatic heterocycles. The van der Waals surface area contributed by atoms with Crippen molar-refractivity contribution in [2.24, 2.45) is 0 Å². The minimum absolute atomic E-state index is 0.00940. The lowest BCUT2D eigenvalue weighted by Gasteiger charge is -2.31. The van der Waals surface area contributed by atoms with Crippen molar-refractivity contribution in [1.82, 2.24) is 15.2 Å². The van der Waals surface area contributed by atoms with Gasteiger partial charge in [0, 0.05) is 20.2 Å². The van der Waals surface area contributed by atoms with Crippen LogP contribution in [0.4, 0.5) is 0 Å². The van der Waals surface area contributed by atoms with Crippen molar-refractivity contribution in [3.05, 3.63) is 29.6 Å². The first-order valence-electron chi connectivity index (χ1n) is 6.65. The molecule has 0 radical (unpaired) electrons. The molecule has 0 bridgehead atoms. The number of nitrogens with zero attached hydrogens (tertiary/aromatic N) is 2. The smallest absolute Gasteiger partial charge is 0.272 e. The molecule has 104 valence electrons. The van der Waals surface area contributed by atoms with Gasteiger partial charge in [-0.15, -0.1) is 0 Å². The zero-order chi connectivity index (χ0) is 13.7. The lowest BCUT2D eigenvalue weighted by Crippen LogP contribution is -2.44. The molecule has 2 rings (SSSR count). The van der Waals surface area contributed by atoms with Gasteiger partial charge in [0.2, 0.25) is 0 Å². The fourth-order valence-electron chi connectivity index (χ4n) is 2.37. The number of pyridine rings is 1. The Morgan fingerprint density at radius 1 is 1.47 bits per heavy atom. The molecule has 2 heterocycles. The summed E-state index contributed by atoms with van der Waals surface area (Å²) in [6, 6.07) is 5.79. The number of hydrogen-bond acceptors (Lipinski definition) is 4. The molecule has 1 aromatic rings. The molecule has 0 atom stereocenters. The van der Waals surface area contributed by atoms with Crippen molar-refractivity contribution in [1.29, 1.82) is 0 Å². The summed E-state index contributed by atoms with van der Waals surface area (Å²) < 4.78 is 5.04. The highest BCUT2D eigenvalue weighted by atomic mass is 16.5. The van der Waals surface area contributed by atoms with Crippen LogP contribution in [0.3, 0.4) is 0 Å². The summed E-state index contributed by atoms with van der Waals surface area (Å²) in [7, 11) is 3.49. The van der Waals surface area contributed by atoms with E-state index in [1.54, 1.807) is 13.2 Å². The standard InChI is InChI=1S/C14H21N3O2/c1-17(12-6-8-15-9-7-12)14(18)13-5-3-4-11(16-13)10-19-2/h3-5,12,15H,6-10H2,1-2H3. The summed E-state index contributed by atoms with van der Waals surface area (Å²) >= 11 is 0. The maximum absolute atomic E-state index is 12.4. The summed E-state index contributed by atoms with van der Waals surface area (Å²) in [6.07, 6.45) is 2.00. The molecule has 0 unspecified atom stereocenters. The Balaban J connectivity index is 2.07. The van der Waals surface area contributed by atoms with Crippen molar-refractivity contribution in [3.63, 3.8) is 0 Å².